The van der Waals surface area contributed by atoms with Crippen LogP contribution in [0.3, 0.4) is 0 Å². The highest BCUT2D eigenvalue weighted by atomic mass is 16.5. The standard InChI is InChI=1S/C17H25NO5/c1-4-5-6-15(17(20)21)18-16(19)8-7-12-9-13(22-2)11-14(10-12)23-3/h9-11,15H,4-8H2,1-3H3,(H,18,19)(H,20,21)/t15-/m0/s1. The Hall–Kier alpha value is -2.24. The van der Waals surface area contributed by atoms with Crippen LogP contribution in [-0.4, -0.2) is 37.2 Å². The van der Waals surface area contributed by atoms with Crippen LogP contribution >= 0.6 is 0 Å². The number of methoxy groups -OCH3 is 2. The van der Waals surface area contributed by atoms with Crippen molar-refractivity contribution in [2.45, 2.75) is 45.1 Å². The van der Waals surface area contributed by atoms with Gasteiger partial charge in [0.15, 0.2) is 0 Å². The van der Waals surface area contributed by atoms with E-state index in [2.05, 4.69) is 5.32 Å². The zero-order valence-electron chi connectivity index (χ0n) is 13.9. The minimum atomic E-state index is -0.991. The van der Waals surface area contributed by atoms with Crippen molar-refractivity contribution in [1.82, 2.24) is 5.32 Å². The summed E-state index contributed by atoms with van der Waals surface area (Å²) in [5.74, 6) is 0.0578. The van der Waals surface area contributed by atoms with Gasteiger partial charge in [0.05, 0.1) is 14.2 Å². The van der Waals surface area contributed by atoms with E-state index in [9.17, 15) is 9.59 Å². The molecule has 23 heavy (non-hydrogen) atoms. The Labute approximate surface area is 136 Å². The quantitative estimate of drug-likeness (QED) is 0.690. The van der Waals surface area contributed by atoms with Crippen molar-refractivity contribution in [3.05, 3.63) is 23.8 Å². The molecule has 1 amide bonds. The maximum atomic E-state index is 12.0. The third-order valence-corrected chi connectivity index (χ3v) is 3.53. The number of carboxylic acid groups (broad SMARTS) is 1. The molecule has 0 saturated heterocycles. The highest BCUT2D eigenvalue weighted by molar-refractivity contribution is 5.83. The molecule has 1 atom stereocenters. The van der Waals surface area contributed by atoms with Crippen molar-refractivity contribution in [3.8, 4) is 11.5 Å². The third kappa shape index (κ3) is 6.59. The molecule has 1 aromatic carbocycles. The number of carbonyl (C=O) groups is 2. The van der Waals surface area contributed by atoms with E-state index in [-0.39, 0.29) is 12.3 Å². The largest absolute Gasteiger partial charge is 0.497 e. The van der Waals surface area contributed by atoms with Crippen LogP contribution in [0.2, 0.25) is 0 Å². The van der Waals surface area contributed by atoms with Crippen LogP contribution in [-0.2, 0) is 16.0 Å². The highest BCUT2D eigenvalue weighted by Gasteiger charge is 2.19. The van der Waals surface area contributed by atoms with Crippen LogP contribution in [0.15, 0.2) is 18.2 Å². The van der Waals surface area contributed by atoms with Crippen molar-refractivity contribution in [1.29, 1.82) is 0 Å². The Morgan fingerprint density at radius 2 is 1.78 bits per heavy atom. The number of benzene rings is 1. The molecular formula is C17H25NO5. The van der Waals surface area contributed by atoms with Gasteiger partial charge in [-0.25, -0.2) is 4.79 Å². The monoisotopic (exact) mass is 323 g/mol. The summed E-state index contributed by atoms with van der Waals surface area (Å²) in [6.45, 7) is 1.98. The van der Waals surface area contributed by atoms with Gasteiger partial charge in [0, 0.05) is 12.5 Å². The van der Waals surface area contributed by atoms with Crippen molar-refractivity contribution in [2.75, 3.05) is 14.2 Å². The molecule has 2 N–H and O–H groups in total. The molecule has 0 aliphatic heterocycles. The molecule has 0 aliphatic carbocycles. The lowest BCUT2D eigenvalue weighted by molar-refractivity contribution is -0.142. The molecule has 0 spiro atoms. The lowest BCUT2D eigenvalue weighted by Gasteiger charge is -2.14. The molecule has 1 rings (SSSR count). The summed E-state index contributed by atoms with van der Waals surface area (Å²) in [6, 6.07) is 4.61. The van der Waals surface area contributed by atoms with Gasteiger partial charge in [-0.2, -0.15) is 0 Å². The fourth-order valence-corrected chi connectivity index (χ4v) is 2.20. The molecule has 128 valence electrons. The lowest BCUT2D eigenvalue weighted by Crippen LogP contribution is -2.40. The Morgan fingerprint density at radius 3 is 2.26 bits per heavy atom. The van der Waals surface area contributed by atoms with E-state index in [4.69, 9.17) is 14.6 Å². The molecule has 1 aromatic rings. The number of aryl methyl sites for hydroxylation is 1. The first-order chi connectivity index (χ1) is 11.0. The molecule has 0 fully saturated rings. The van der Waals surface area contributed by atoms with E-state index in [1.165, 1.54) is 0 Å². The van der Waals surface area contributed by atoms with Crippen molar-refractivity contribution in [2.24, 2.45) is 0 Å². The fraction of sp³-hybridized carbons (Fsp3) is 0.529. The van der Waals surface area contributed by atoms with Crippen LogP contribution < -0.4 is 14.8 Å². The second-order valence-electron chi connectivity index (χ2n) is 5.32. The molecular weight excluding hydrogens is 298 g/mol. The predicted octanol–water partition coefficient (Wildman–Crippen LogP) is 2.40. The van der Waals surface area contributed by atoms with E-state index in [1.54, 1.807) is 20.3 Å². The summed E-state index contributed by atoms with van der Waals surface area (Å²) < 4.78 is 10.4. The van der Waals surface area contributed by atoms with Gasteiger partial charge in [0.1, 0.15) is 17.5 Å². The minimum Gasteiger partial charge on any atom is -0.497 e. The number of carboxylic acids is 1. The number of unbranched alkanes of at least 4 members (excludes halogenated alkanes) is 1. The summed E-state index contributed by atoms with van der Waals surface area (Å²) >= 11 is 0. The molecule has 0 unspecified atom stereocenters. The summed E-state index contributed by atoms with van der Waals surface area (Å²) in [5, 5.41) is 11.7. The van der Waals surface area contributed by atoms with Crippen molar-refractivity contribution >= 4 is 11.9 Å². The predicted molar refractivity (Wildman–Crippen MR) is 87.0 cm³/mol. The minimum absolute atomic E-state index is 0.215. The number of amides is 1. The highest BCUT2D eigenvalue weighted by Crippen LogP contribution is 2.23. The summed E-state index contributed by atoms with van der Waals surface area (Å²) in [7, 11) is 3.13. The number of nitrogens with one attached hydrogen (secondary N) is 1. The SMILES string of the molecule is CCCC[C@H](NC(=O)CCc1cc(OC)cc(OC)c1)C(=O)O. The van der Waals surface area contributed by atoms with Gasteiger partial charge >= 0.3 is 5.97 Å². The van der Waals surface area contributed by atoms with E-state index >= 15 is 0 Å². The maximum Gasteiger partial charge on any atom is 0.326 e. The van der Waals surface area contributed by atoms with E-state index in [0.29, 0.717) is 24.3 Å². The first-order valence-corrected chi connectivity index (χ1v) is 7.74. The van der Waals surface area contributed by atoms with Gasteiger partial charge in [0.2, 0.25) is 5.91 Å². The van der Waals surface area contributed by atoms with Crippen molar-refractivity contribution in [3.63, 3.8) is 0 Å². The number of hydrogen-bond donors (Lipinski definition) is 2. The Morgan fingerprint density at radius 1 is 1.17 bits per heavy atom. The Kier molecular flexibility index (Phi) is 7.94. The van der Waals surface area contributed by atoms with Gasteiger partial charge < -0.3 is 19.9 Å². The molecule has 0 aromatic heterocycles. The number of ether oxygens (including phenoxy) is 2. The molecule has 0 heterocycles. The molecule has 6 heteroatoms. The van der Waals surface area contributed by atoms with Crippen LogP contribution in [0.25, 0.3) is 0 Å². The maximum absolute atomic E-state index is 12.0. The number of hydrogen-bond acceptors (Lipinski definition) is 4. The van der Waals surface area contributed by atoms with Crippen molar-refractivity contribution < 1.29 is 24.2 Å². The summed E-state index contributed by atoms with van der Waals surface area (Å²) in [4.78, 5) is 23.1. The molecule has 0 saturated carbocycles. The second-order valence-corrected chi connectivity index (χ2v) is 5.32. The molecule has 0 radical (unpaired) electrons. The van der Waals surface area contributed by atoms with E-state index < -0.39 is 12.0 Å². The Balaban J connectivity index is 2.59. The first kappa shape index (κ1) is 18.8. The third-order valence-electron chi connectivity index (χ3n) is 3.53. The Bertz CT molecular complexity index is 507. The topological polar surface area (TPSA) is 84.9 Å². The smallest absolute Gasteiger partial charge is 0.326 e. The molecule has 6 nitrogen and oxygen atoms in total. The second kappa shape index (κ2) is 9.71. The van der Waals surface area contributed by atoms with E-state index in [0.717, 1.165) is 18.4 Å². The average Bonchev–Trinajstić information content (AvgIpc) is 2.55. The fourth-order valence-electron chi connectivity index (χ4n) is 2.20. The normalized spacial score (nSPS) is 11.6. The zero-order chi connectivity index (χ0) is 17.2. The van der Waals surface area contributed by atoms with Crippen LogP contribution in [0.4, 0.5) is 0 Å². The average molecular weight is 323 g/mol. The summed E-state index contributed by atoms with van der Waals surface area (Å²) in [5.41, 5.74) is 0.900. The van der Waals surface area contributed by atoms with Gasteiger partial charge in [-0.15, -0.1) is 0 Å². The number of aliphatic carboxylic acids is 1. The van der Waals surface area contributed by atoms with Crippen LogP contribution in [0.1, 0.15) is 38.2 Å². The van der Waals surface area contributed by atoms with Gasteiger partial charge in [-0.05, 0) is 30.5 Å². The van der Waals surface area contributed by atoms with Gasteiger partial charge in [-0.1, -0.05) is 19.8 Å². The molecule has 0 bridgehead atoms. The van der Waals surface area contributed by atoms with E-state index in [1.807, 2.05) is 19.1 Å². The zero-order valence-corrected chi connectivity index (χ0v) is 13.9. The van der Waals surface area contributed by atoms with Crippen LogP contribution in [0, 0.1) is 0 Å². The van der Waals surface area contributed by atoms with Crippen LogP contribution in [0.5, 0.6) is 11.5 Å². The summed E-state index contributed by atoms with van der Waals surface area (Å²) in [6.07, 6.45) is 2.81. The number of carbonyl (C=O) groups excluding carboxylic acids is 1. The number of rotatable bonds is 10. The molecule has 0 aliphatic rings. The van der Waals surface area contributed by atoms with Gasteiger partial charge in [-0.3, -0.25) is 4.79 Å². The first-order valence-electron chi connectivity index (χ1n) is 7.74. The lowest BCUT2D eigenvalue weighted by atomic mass is 10.1. The van der Waals surface area contributed by atoms with Gasteiger partial charge in [0.25, 0.3) is 0 Å².